The maximum Gasteiger partial charge on any atom is 0.191 e. The van der Waals surface area contributed by atoms with Crippen molar-refractivity contribution in [1.29, 1.82) is 0 Å². The van der Waals surface area contributed by atoms with Crippen LogP contribution >= 0.6 is 0 Å². The number of likely N-dealkylation sites (tertiary alicyclic amines) is 1. The lowest BCUT2D eigenvalue weighted by Crippen LogP contribution is -2.44. The van der Waals surface area contributed by atoms with Crippen molar-refractivity contribution >= 4 is 5.96 Å². The second kappa shape index (κ2) is 10.1. The van der Waals surface area contributed by atoms with E-state index >= 15 is 0 Å². The molecule has 2 fully saturated rings. The molecule has 0 aromatic heterocycles. The van der Waals surface area contributed by atoms with Crippen molar-refractivity contribution in [2.24, 2.45) is 4.99 Å². The summed E-state index contributed by atoms with van der Waals surface area (Å²) in [7, 11) is 0. The first-order chi connectivity index (χ1) is 11.2. The first kappa shape index (κ1) is 18.5. The molecule has 1 saturated carbocycles. The molecule has 5 heteroatoms. The van der Waals surface area contributed by atoms with E-state index in [9.17, 15) is 0 Å². The Morgan fingerprint density at radius 2 is 1.91 bits per heavy atom. The summed E-state index contributed by atoms with van der Waals surface area (Å²) in [4.78, 5) is 9.91. The molecule has 2 rings (SSSR count). The molecule has 1 aliphatic carbocycles. The lowest BCUT2D eigenvalue weighted by atomic mass is 10.1. The highest BCUT2D eigenvalue weighted by molar-refractivity contribution is 5.79. The predicted molar refractivity (Wildman–Crippen MR) is 99.1 cm³/mol. The molecule has 134 valence electrons. The molecule has 0 unspecified atom stereocenters. The molecule has 2 aliphatic rings. The van der Waals surface area contributed by atoms with Gasteiger partial charge in [-0.15, -0.1) is 0 Å². The molecule has 0 bridgehead atoms. The Balaban J connectivity index is 1.68. The smallest absolute Gasteiger partial charge is 0.191 e. The van der Waals surface area contributed by atoms with Crippen LogP contribution in [-0.4, -0.2) is 73.7 Å². The molecule has 1 heterocycles. The fourth-order valence-corrected chi connectivity index (χ4v) is 3.40. The minimum absolute atomic E-state index is 0.642. The largest absolute Gasteiger partial charge is 0.357 e. The Labute approximate surface area is 142 Å². The molecule has 1 saturated heterocycles. The quantitative estimate of drug-likeness (QED) is 0.502. The molecular weight excluding hydrogens is 286 g/mol. The number of nitrogens with zero attached hydrogens (tertiary/aromatic N) is 3. The minimum atomic E-state index is 0.642. The zero-order valence-corrected chi connectivity index (χ0v) is 15.5. The van der Waals surface area contributed by atoms with Gasteiger partial charge in [-0.3, -0.25) is 9.89 Å². The summed E-state index contributed by atoms with van der Waals surface area (Å²) in [6.07, 6.45) is 6.87. The summed E-state index contributed by atoms with van der Waals surface area (Å²) in [5.74, 6) is 0.976. The van der Waals surface area contributed by atoms with Crippen molar-refractivity contribution in [3.63, 3.8) is 0 Å². The number of guanidine groups is 1. The standard InChI is InChI=1S/C18H37N5/c1-4-19-18(20-10-14-22-12-6-5-7-13-22)21-11-15-23(16(2)3)17-8-9-17/h16-17H,4-15H2,1-3H3,(H2,19,20,21). The van der Waals surface area contributed by atoms with Crippen molar-refractivity contribution in [3.8, 4) is 0 Å². The molecule has 0 aromatic rings. The van der Waals surface area contributed by atoms with E-state index in [1.807, 2.05) is 0 Å². The van der Waals surface area contributed by atoms with Crippen molar-refractivity contribution in [3.05, 3.63) is 0 Å². The fourth-order valence-electron chi connectivity index (χ4n) is 3.40. The number of rotatable bonds is 9. The topological polar surface area (TPSA) is 42.9 Å². The van der Waals surface area contributed by atoms with Gasteiger partial charge < -0.3 is 15.5 Å². The highest BCUT2D eigenvalue weighted by Gasteiger charge is 2.30. The molecule has 0 amide bonds. The van der Waals surface area contributed by atoms with Crippen molar-refractivity contribution < 1.29 is 0 Å². The average molecular weight is 324 g/mol. The summed E-state index contributed by atoms with van der Waals surface area (Å²) >= 11 is 0. The van der Waals surface area contributed by atoms with Crippen molar-refractivity contribution in [1.82, 2.24) is 20.4 Å². The van der Waals surface area contributed by atoms with Gasteiger partial charge in [0.15, 0.2) is 5.96 Å². The molecule has 2 N–H and O–H groups in total. The third-order valence-corrected chi connectivity index (χ3v) is 4.82. The number of nitrogens with one attached hydrogen (secondary N) is 2. The third-order valence-electron chi connectivity index (χ3n) is 4.82. The molecule has 5 nitrogen and oxygen atoms in total. The van der Waals surface area contributed by atoms with Gasteiger partial charge in [0.2, 0.25) is 0 Å². The number of aliphatic imine (C=N–C) groups is 1. The summed E-state index contributed by atoms with van der Waals surface area (Å²) in [6, 6.07) is 1.47. The molecule has 0 radical (unpaired) electrons. The van der Waals surface area contributed by atoms with Gasteiger partial charge in [0.25, 0.3) is 0 Å². The Kier molecular flexibility index (Phi) is 8.17. The van der Waals surface area contributed by atoms with Gasteiger partial charge in [0, 0.05) is 38.3 Å². The fraction of sp³-hybridized carbons (Fsp3) is 0.944. The molecule has 23 heavy (non-hydrogen) atoms. The molecular formula is C18H37N5. The van der Waals surface area contributed by atoms with Crippen LogP contribution in [0.4, 0.5) is 0 Å². The lowest BCUT2D eigenvalue weighted by molar-refractivity contribution is 0.215. The number of piperidine rings is 1. The first-order valence-electron chi connectivity index (χ1n) is 9.71. The normalized spacial score (nSPS) is 20.3. The Morgan fingerprint density at radius 1 is 1.17 bits per heavy atom. The highest BCUT2D eigenvalue weighted by Crippen LogP contribution is 2.27. The molecule has 1 aliphatic heterocycles. The maximum atomic E-state index is 4.74. The van der Waals surface area contributed by atoms with Crippen LogP contribution in [0.15, 0.2) is 4.99 Å². The summed E-state index contributed by atoms with van der Waals surface area (Å²) in [6.45, 7) is 14.2. The Hall–Kier alpha value is -0.810. The minimum Gasteiger partial charge on any atom is -0.357 e. The van der Waals surface area contributed by atoms with E-state index in [4.69, 9.17) is 4.99 Å². The van der Waals surface area contributed by atoms with Gasteiger partial charge in [-0.05, 0) is 59.5 Å². The molecule has 0 spiro atoms. The zero-order valence-electron chi connectivity index (χ0n) is 15.5. The van der Waals surface area contributed by atoms with Crippen LogP contribution in [0.2, 0.25) is 0 Å². The van der Waals surface area contributed by atoms with Crippen LogP contribution in [0.25, 0.3) is 0 Å². The van der Waals surface area contributed by atoms with Gasteiger partial charge in [0.1, 0.15) is 0 Å². The Morgan fingerprint density at radius 3 is 2.52 bits per heavy atom. The zero-order chi connectivity index (χ0) is 16.5. The summed E-state index contributed by atoms with van der Waals surface area (Å²) in [5.41, 5.74) is 0. The third kappa shape index (κ3) is 7.08. The number of hydrogen-bond acceptors (Lipinski definition) is 3. The first-order valence-corrected chi connectivity index (χ1v) is 9.71. The van der Waals surface area contributed by atoms with Crippen LogP contribution < -0.4 is 10.6 Å². The van der Waals surface area contributed by atoms with Crippen LogP contribution in [-0.2, 0) is 0 Å². The van der Waals surface area contributed by atoms with E-state index in [0.29, 0.717) is 6.04 Å². The molecule has 0 aromatic carbocycles. The lowest BCUT2D eigenvalue weighted by Gasteiger charge is -2.27. The summed E-state index contributed by atoms with van der Waals surface area (Å²) in [5, 5.41) is 6.88. The maximum absolute atomic E-state index is 4.74. The SMILES string of the molecule is CCNC(=NCCN1CCCCC1)NCCN(C(C)C)C1CC1. The van der Waals surface area contributed by atoms with Gasteiger partial charge in [-0.2, -0.15) is 0 Å². The van der Waals surface area contributed by atoms with Gasteiger partial charge in [-0.1, -0.05) is 6.42 Å². The summed E-state index contributed by atoms with van der Waals surface area (Å²) < 4.78 is 0. The second-order valence-corrected chi connectivity index (χ2v) is 7.15. The van der Waals surface area contributed by atoms with Crippen molar-refractivity contribution in [2.75, 3.05) is 45.8 Å². The van der Waals surface area contributed by atoms with E-state index in [1.54, 1.807) is 0 Å². The van der Waals surface area contributed by atoms with E-state index in [1.165, 1.54) is 45.2 Å². The number of hydrogen-bond donors (Lipinski definition) is 2. The Bertz CT molecular complexity index is 343. The van der Waals surface area contributed by atoms with Crippen LogP contribution in [0.5, 0.6) is 0 Å². The van der Waals surface area contributed by atoms with Gasteiger partial charge >= 0.3 is 0 Å². The van der Waals surface area contributed by atoms with E-state index in [0.717, 1.165) is 44.7 Å². The van der Waals surface area contributed by atoms with Gasteiger partial charge in [0.05, 0.1) is 6.54 Å². The van der Waals surface area contributed by atoms with Crippen molar-refractivity contribution in [2.45, 2.75) is 65.0 Å². The van der Waals surface area contributed by atoms with Gasteiger partial charge in [-0.25, -0.2) is 0 Å². The van der Waals surface area contributed by atoms with Crippen LogP contribution in [0, 0.1) is 0 Å². The van der Waals surface area contributed by atoms with E-state index < -0.39 is 0 Å². The van der Waals surface area contributed by atoms with Crippen LogP contribution in [0.1, 0.15) is 52.9 Å². The van der Waals surface area contributed by atoms with E-state index in [-0.39, 0.29) is 0 Å². The van der Waals surface area contributed by atoms with E-state index in [2.05, 4.69) is 41.2 Å². The molecule has 0 atom stereocenters. The highest BCUT2D eigenvalue weighted by atomic mass is 15.2. The average Bonchev–Trinajstić information content (AvgIpc) is 3.37. The monoisotopic (exact) mass is 323 g/mol. The second-order valence-electron chi connectivity index (χ2n) is 7.15. The van der Waals surface area contributed by atoms with Crippen LogP contribution in [0.3, 0.4) is 0 Å². The predicted octanol–water partition coefficient (Wildman–Crippen LogP) is 1.90.